The number of aliphatic carboxylic acids is 1. The molecule has 2 N–H and O–H groups in total. The van der Waals surface area contributed by atoms with Gasteiger partial charge in [0.15, 0.2) is 5.78 Å². The molecule has 1 aromatic carbocycles. The molecule has 0 spiro atoms. The number of amides is 1. The van der Waals surface area contributed by atoms with E-state index in [0.717, 1.165) is 19.3 Å². The maximum Gasteiger partial charge on any atom is 0.305 e. The number of ketones is 1. The van der Waals surface area contributed by atoms with Gasteiger partial charge >= 0.3 is 5.97 Å². The molecule has 1 heterocycles. The summed E-state index contributed by atoms with van der Waals surface area (Å²) in [6.45, 7) is 0.630. The number of hydrogen-bond acceptors (Lipinski definition) is 4. The van der Waals surface area contributed by atoms with E-state index < -0.39 is 11.5 Å². The van der Waals surface area contributed by atoms with Crippen molar-refractivity contribution in [3.05, 3.63) is 34.9 Å². The van der Waals surface area contributed by atoms with Gasteiger partial charge < -0.3 is 15.2 Å². The average molecular weight is 345 g/mol. The van der Waals surface area contributed by atoms with Crippen LogP contribution in [-0.4, -0.2) is 41.5 Å². The van der Waals surface area contributed by atoms with Crippen LogP contribution in [0.3, 0.4) is 0 Å². The van der Waals surface area contributed by atoms with E-state index in [1.807, 2.05) is 18.2 Å². The quantitative estimate of drug-likeness (QED) is 0.736. The van der Waals surface area contributed by atoms with Gasteiger partial charge in [0, 0.05) is 25.0 Å². The SMILES string of the molecule is O=C(O)CC1(NC(=O)CCC(=O)c2ccc3c(c2)CCC3)CCOC1. The topological polar surface area (TPSA) is 92.7 Å². The summed E-state index contributed by atoms with van der Waals surface area (Å²) in [4.78, 5) is 35.6. The second-order valence-electron chi connectivity index (χ2n) is 6.96. The highest BCUT2D eigenvalue weighted by molar-refractivity contribution is 5.98. The number of aryl methyl sites for hydroxylation is 2. The molecule has 1 saturated heterocycles. The molecule has 25 heavy (non-hydrogen) atoms. The van der Waals surface area contributed by atoms with Gasteiger partial charge in [-0.2, -0.15) is 0 Å². The highest BCUT2D eigenvalue weighted by Crippen LogP contribution is 2.24. The zero-order chi connectivity index (χ0) is 17.9. The third-order valence-corrected chi connectivity index (χ3v) is 5.00. The second-order valence-corrected chi connectivity index (χ2v) is 6.96. The second kappa shape index (κ2) is 7.35. The van der Waals surface area contributed by atoms with E-state index in [1.165, 1.54) is 11.1 Å². The van der Waals surface area contributed by atoms with Crippen LogP contribution in [0.4, 0.5) is 0 Å². The molecule has 1 aliphatic carbocycles. The smallest absolute Gasteiger partial charge is 0.305 e. The molecular formula is C19H23NO5. The molecule has 1 aliphatic heterocycles. The van der Waals surface area contributed by atoms with Crippen molar-refractivity contribution in [3.8, 4) is 0 Å². The van der Waals surface area contributed by atoms with Crippen molar-refractivity contribution in [1.82, 2.24) is 5.32 Å². The molecule has 6 nitrogen and oxygen atoms in total. The number of ether oxygens (including phenoxy) is 1. The Kier molecular flexibility index (Phi) is 5.18. The number of carbonyl (C=O) groups excluding carboxylic acids is 2. The van der Waals surface area contributed by atoms with Crippen LogP contribution in [0.2, 0.25) is 0 Å². The monoisotopic (exact) mass is 345 g/mol. The molecule has 3 rings (SSSR count). The fourth-order valence-corrected chi connectivity index (χ4v) is 3.65. The van der Waals surface area contributed by atoms with E-state index in [1.54, 1.807) is 0 Å². The molecule has 6 heteroatoms. The highest BCUT2D eigenvalue weighted by Gasteiger charge is 2.38. The first-order chi connectivity index (χ1) is 12.0. The third kappa shape index (κ3) is 4.25. The molecule has 1 fully saturated rings. The number of carboxylic acid groups (broad SMARTS) is 1. The van der Waals surface area contributed by atoms with Crippen LogP contribution < -0.4 is 5.32 Å². The lowest BCUT2D eigenvalue weighted by molar-refractivity contribution is -0.139. The number of nitrogens with one attached hydrogen (secondary N) is 1. The summed E-state index contributed by atoms with van der Waals surface area (Å²) in [5, 5.41) is 11.8. The van der Waals surface area contributed by atoms with E-state index >= 15 is 0 Å². The fourth-order valence-electron chi connectivity index (χ4n) is 3.65. The van der Waals surface area contributed by atoms with Gasteiger partial charge in [-0.05, 0) is 42.9 Å². The predicted molar refractivity (Wildman–Crippen MR) is 90.6 cm³/mol. The Morgan fingerprint density at radius 3 is 2.68 bits per heavy atom. The van der Waals surface area contributed by atoms with Crippen LogP contribution in [0.5, 0.6) is 0 Å². The summed E-state index contributed by atoms with van der Waals surface area (Å²) >= 11 is 0. The Labute approximate surface area is 146 Å². The number of hydrogen-bond donors (Lipinski definition) is 2. The van der Waals surface area contributed by atoms with Crippen LogP contribution >= 0.6 is 0 Å². The number of rotatable bonds is 7. The van der Waals surface area contributed by atoms with Crippen LogP contribution in [0, 0.1) is 0 Å². The van der Waals surface area contributed by atoms with Crippen LogP contribution in [0.1, 0.15) is 53.6 Å². The first kappa shape index (κ1) is 17.6. The molecule has 0 radical (unpaired) electrons. The maximum absolute atomic E-state index is 12.3. The Bertz CT molecular complexity index is 691. The summed E-state index contributed by atoms with van der Waals surface area (Å²) in [7, 11) is 0. The lowest BCUT2D eigenvalue weighted by Gasteiger charge is -2.26. The number of fused-ring (bicyclic) bond motifs is 1. The molecule has 1 aromatic rings. The molecule has 2 aliphatic rings. The van der Waals surface area contributed by atoms with Gasteiger partial charge in [0.2, 0.25) is 5.91 Å². The van der Waals surface area contributed by atoms with E-state index in [4.69, 9.17) is 9.84 Å². The number of carbonyl (C=O) groups is 3. The lowest BCUT2D eigenvalue weighted by atomic mass is 9.93. The van der Waals surface area contributed by atoms with Crippen molar-refractivity contribution in [2.24, 2.45) is 0 Å². The molecular weight excluding hydrogens is 322 g/mol. The van der Waals surface area contributed by atoms with Gasteiger partial charge in [0.25, 0.3) is 0 Å². The van der Waals surface area contributed by atoms with Crippen molar-refractivity contribution in [1.29, 1.82) is 0 Å². The van der Waals surface area contributed by atoms with Crippen LogP contribution in [0.25, 0.3) is 0 Å². The van der Waals surface area contributed by atoms with E-state index in [9.17, 15) is 14.4 Å². The summed E-state index contributed by atoms with van der Waals surface area (Å²) in [5.74, 6) is -1.33. The van der Waals surface area contributed by atoms with Crippen molar-refractivity contribution in [2.75, 3.05) is 13.2 Å². The van der Waals surface area contributed by atoms with Gasteiger partial charge in [0.05, 0.1) is 18.6 Å². The number of benzene rings is 1. The maximum atomic E-state index is 12.3. The standard InChI is InChI=1S/C19H23NO5/c21-16(15-5-4-13-2-1-3-14(13)10-15)6-7-17(22)20-19(11-18(23)24)8-9-25-12-19/h4-5,10H,1-3,6-9,11-12H2,(H,20,22)(H,23,24). The van der Waals surface area contributed by atoms with Crippen molar-refractivity contribution < 1.29 is 24.2 Å². The molecule has 1 amide bonds. The van der Waals surface area contributed by atoms with Crippen molar-refractivity contribution in [3.63, 3.8) is 0 Å². The first-order valence-electron chi connectivity index (χ1n) is 8.73. The fraction of sp³-hybridized carbons (Fsp3) is 0.526. The zero-order valence-electron chi connectivity index (χ0n) is 14.2. The lowest BCUT2D eigenvalue weighted by Crippen LogP contribution is -2.50. The van der Waals surface area contributed by atoms with Gasteiger partial charge in [0.1, 0.15) is 0 Å². The summed E-state index contributed by atoms with van der Waals surface area (Å²) < 4.78 is 5.25. The molecule has 0 aromatic heterocycles. The Hall–Kier alpha value is -2.21. The minimum atomic E-state index is -0.972. The highest BCUT2D eigenvalue weighted by atomic mass is 16.5. The average Bonchev–Trinajstić information content (AvgIpc) is 3.20. The summed E-state index contributed by atoms with van der Waals surface area (Å²) in [6, 6.07) is 5.79. The van der Waals surface area contributed by atoms with Gasteiger partial charge in [-0.3, -0.25) is 14.4 Å². The Morgan fingerprint density at radius 1 is 1.16 bits per heavy atom. The predicted octanol–water partition coefficient (Wildman–Crippen LogP) is 1.89. The molecule has 0 bridgehead atoms. The summed E-state index contributed by atoms with van der Waals surface area (Å²) in [5.41, 5.74) is 2.35. The van der Waals surface area contributed by atoms with E-state index in [2.05, 4.69) is 5.32 Å². The molecule has 0 saturated carbocycles. The number of Topliss-reactive ketones (excluding diaryl/α,β-unsaturated/α-hetero) is 1. The zero-order valence-corrected chi connectivity index (χ0v) is 14.2. The minimum Gasteiger partial charge on any atom is -0.481 e. The van der Waals surface area contributed by atoms with E-state index in [0.29, 0.717) is 18.6 Å². The molecule has 134 valence electrons. The van der Waals surface area contributed by atoms with Gasteiger partial charge in [-0.15, -0.1) is 0 Å². The number of carboxylic acids is 1. The normalized spacial score (nSPS) is 21.8. The third-order valence-electron chi connectivity index (χ3n) is 5.00. The van der Waals surface area contributed by atoms with Crippen LogP contribution in [-0.2, 0) is 27.2 Å². The van der Waals surface area contributed by atoms with Gasteiger partial charge in [-0.25, -0.2) is 0 Å². The first-order valence-corrected chi connectivity index (χ1v) is 8.73. The Balaban J connectivity index is 1.54. The largest absolute Gasteiger partial charge is 0.481 e. The van der Waals surface area contributed by atoms with Gasteiger partial charge in [-0.1, -0.05) is 12.1 Å². The van der Waals surface area contributed by atoms with E-state index in [-0.39, 0.29) is 37.6 Å². The minimum absolute atomic E-state index is 0.0529. The van der Waals surface area contributed by atoms with Crippen LogP contribution in [0.15, 0.2) is 18.2 Å². The van der Waals surface area contributed by atoms with Crippen molar-refractivity contribution in [2.45, 2.75) is 50.5 Å². The summed E-state index contributed by atoms with van der Waals surface area (Å²) in [6.07, 6.45) is 3.69. The molecule has 1 unspecified atom stereocenters. The molecule has 1 atom stereocenters. The van der Waals surface area contributed by atoms with Crippen molar-refractivity contribution >= 4 is 17.7 Å². The Morgan fingerprint density at radius 2 is 1.96 bits per heavy atom.